The Labute approximate surface area is 169 Å². The molecule has 2 heterocycles. The van der Waals surface area contributed by atoms with Crippen LogP contribution >= 0.6 is 11.6 Å². The van der Waals surface area contributed by atoms with Crippen LogP contribution in [-0.4, -0.2) is 73.7 Å². The first-order chi connectivity index (χ1) is 13.3. The molecule has 0 bridgehead atoms. The number of amides is 2. The minimum atomic E-state index is -0.537. The Kier molecular flexibility index (Phi) is 6.58. The fraction of sp³-hybridized carbons (Fsp3) is 0.600. The SMILES string of the molecule is CN(C)C(=O)COC1CCOC2(CCN(C(=O)c3ccc(F)c(Cl)c3)CC2)C1. The predicted molar refractivity (Wildman–Crippen MR) is 103 cm³/mol. The summed E-state index contributed by atoms with van der Waals surface area (Å²) in [5.74, 6) is -0.749. The Hall–Kier alpha value is -1.70. The fourth-order valence-electron chi connectivity index (χ4n) is 3.72. The van der Waals surface area contributed by atoms with Crippen molar-refractivity contribution in [3.05, 3.63) is 34.6 Å². The number of nitrogens with zero attached hydrogens (tertiary/aromatic N) is 2. The molecule has 1 spiro atoms. The van der Waals surface area contributed by atoms with E-state index in [1.807, 2.05) is 0 Å². The zero-order chi connectivity index (χ0) is 20.3. The Balaban J connectivity index is 1.55. The van der Waals surface area contributed by atoms with E-state index >= 15 is 0 Å². The monoisotopic (exact) mass is 412 g/mol. The topological polar surface area (TPSA) is 59.1 Å². The van der Waals surface area contributed by atoms with Gasteiger partial charge in [0.05, 0.1) is 16.7 Å². The number of halogens is 2. The van der Waals surface area contributed by atoms with Gasteiger partial charge in [-0.2, -0.15) is 0 Å². The van der Waals surface area contributed by atoms with Crippen LogP contribution in [0, 0.1) is 5.82 Å². The molecular formula is C20H26ClFN2O4. The van der Waals surface area contributed by atoms with Crippen LogP contribution in [0.2, 0.25) is 5.02 Å². The van der Waals surface area contributed by atoms with E-state index in [0.29, 0.717) is 38.1 Å². The minimum Gasteiger partial charge on any atom is -0.375 e. The first kappa shape index (κ1) is 21.0. The summed E-state index contributed by atoms with van der Waals surface area (Å²) in [4.78, 5) is 27.7. The van der Waals surface area contributed by atoms with E-state index in [4.69, 9.17) is 21.1 Å². The van der Waals surface area contributed by atoms with Crippen molar-refractivity contribution in [1.29, 1.82) is 0 Å². The second-order valence-corrected chi connectivity index (χ2v) is 8.07. The van der Waals surface area contributed by atoms with Crippen LogP contribution in [0.5, 0.6) is 0 Å². The molecule has 1 aromatic rings. The van der Waals surface area contributed by atoms with E-state index < -0.39 is 5.82 Å². The van der Waals surface area contributed by atoms with E-state index in [0.717, 1.165) is 12.8 Å². The summed E-state index contributed by atoms with van der Waals surface area (Å²) in [6, 6.07) is 4.03. The molecule has 2 saturated heterocycles. The van der Waals surface area contributed by atoms with Crippen molar-refractivity contribution in [2.45, 2.75) is 37.4 Å². The molecule has 2 aliphatic heterocycles. The summed E-state index contributed by atoms with van der Waals surface area (Å²) in [7, 11) is 3.41. The molecule has 0 N–H and O–H groups in total. The maximum Gasteiger partial charge on any atom is 0.253 e. The highest BCUT2D eigenvalue weighted by atomic mass is 35.5. The summed E-state index contributed by atoms with van der Waals surface area (Å²) in [5.41, 5.74) is 0.0664. The van der Waals surface area contributed by atoms with Crippen LogP contribution in [-0.2, 0) is 14.3 Å². The van der Waals surface area contributed by atoms with Gasteiger partial charge in [-0.25, -0.2) is 4.39 Å². The number of hydrogen-bond donors (Lipinski definition) is 0. The average molecular weight is 413 g/mol. The number of hydrogen-bond acceptors (Lipinski definition) is 4. The Bertz CT molecular complexity index is 735. The number of piperidine rings is 1. The molecule has 0 saturated carbocycles. The minimum absolute atomic E-state index is 0.0178. The highest BCUT2D eigenvalue weighted by Crippen LogP contribution is 2.36. The van der Waals surface area contributed by atoms with Gasteiger partial charge >= 0.3 is 0 Å². The molecule has 28 heavy (non-hydrogen) atoms. The predicted octanol–water partition coefficient (Wildman–Crippen LogP) is 2.74. The Morgan fingerprint density at radius 1 is 1.36 bits per heavy atom. The highest BCUT2D eigenvalue weighted by molar-refractivity contribution is 6.31. The Morgan fingerprint density at radius 2 is 2.07 bits per heavy atom. The van der Waals surface area contributed by atoms with Gasteiger partial charge in [0, 0.05) is 45.8 Å². The average Bonchev–Trinajstić information content (AvgIpc) is 2.68. The van der Waals surface area contributed by atoms with Gasteiger partial charge in [0.2, 0.25) is 5.91 Å². The van der Waals surface area contributed by atoms with Gasteiger partial charge in [0.15, 0.2) is 0 Å². The smallest absolute Gasteiger partial charge is 0.253 e. The first-order valence-electron chi connectivity index (χ1n) is 9.50. The Morgan fingerprint density at radius 3 is 2.71 bits per heavy atom. The molecule has 1 aromatic carbocycles. The van der Waals surface area contributed by atoms with Crippen molar-refractivity contribution in [3.63, 3.8) is 0 Å². The number of carbonyl (C=O) groups excluding carboxylic acids is 2. The maximum atomic E-state index is 13.3. The molecule has 154 valence electrons. The normalized spacial score (nSPS) is 21.6. The zero-order valence-corrected chi connectivity index (χ0v) is 17.0. The lowest BCUT2D eigenvalue weighted by Gasteiger charge is -2.46. The fourth-order valence-corrected chi connectivity index (χ4v) is 3.90. The molecule has 0 radical (unpaired) electrons. The van der Waals surface area contributed by atoms with Crippen molar-refractivity contribution < 1.29 is 23.5 Å². The van der Waals surface area contributed by atoms with Crippen LogP contribution in [0.1, 0.15) is 36.0 Å². The summed E-state index contributed by atoms with van der Waals surface area (Å²) in [6.07, 6.45) is 2.87. The van der Waals surface area contributed by atoms with Gasteiger partial charge in [0.25, 0.3) is 5.91 Å². The van der Waals surface area contributed by atoms with Crippen molar-refractivity contribution in [3.8, 4) is 0 Å². The van der Waals surface area contributed by atoms with E-state index in [9.17, 15) is 14.0 Å². The standard InChI is InChI=1S/C20H26ClFN2O4/c1-23(2)18(25)13-27-15-5-10-28-20(12-15)6-8-24(9-7-20)19(26)14-3-4-17(22)16(21)11-14/h3-4,11,15H,5-10,12-13H2,1-2H3. The number of likely N-dealkylation sites (N-methyl/N-ethyl adjacent to an activating group) is 1. The summed E-state index contributed by atoms with van der Waals surface area (Å²) < 4.78 is 25.2. The van der Waals surface area contributed by atoms with Crippen molar-refractivity contribution in [1.82, 2.24) is 9.80 Å². The molecule has 6 nitrogen and oxygen atoms in total. The van der Waals surface area contributed by atoms with Gasteiger partial charge in [-0.1, -0.05) is 11.6 Å². The van der Waals surface area contributed by atoms with Crippen molar-refractivity contribution in [2.24, 2.45) is 0 Å². The molecule has 1 atom stereocenters. The quantitative estimate of drug-likeness (QED) is 0.763. The van der Waals surface area contributed by atoms with Gasteiger partial charge < -0.3 is 19.3 Å². The number of rotatable bonds is 4. The molecule has 0 aromatic heterocycles. The maximum absolute atomic E-state index is 13.3. The lowest BCUT2D eigenvalue weighted by atomic mass is 9.83. The van der Waals surface area contributed by atoms with Crippen LogP contribution in [0.3, 0.4) is 0 Å². The molecule has 3 rings (SSSR count). The first-order valence-corrected chi connectivity index (χ1v) is 9.87. The van der Waals surface area contributed by atoms with Crippen LogP contribution in [0.15, 0.2) is 18.2 Å². The van der Waals surface area contributed by atoms with Crippen LogP contribution < -0.4 is 0 Å². The molecular weight excluding hydrogens is 387 g/mol. The van der Waals surface area contributed by atoms with E-state index in [-0.39, 0.29) is 35.1 Å². The lowest BCUT2D eigenvalue weighted by Crippen LogP contribution is -2.52. The summed E-state index contributed by atoms with van der Waals surface area (Å²) in [6.45, 7) is 1.76. The molecule has 2 aliphatic rings. The van der Waals surface area contributed by atoms with Crippen molar-refractivity contribution in [2.75, 3.05) is 40.4 Å². The van der Waals surface area contributed by atoms with Gasteiger partial charge in [-0.05, 0) is 37.5 Å². The number of carbonyl (C=O) groups is 2. The highest BCUT2D eigenvalue weighted by Gasteiger charge is 2.41. The van der Waals surface area contributed by atoms with Gasteiger partial charge in [0.1, 0.15) is 12.4 Å². The van der Waals surface area contributed by atoms with Crippen molar-refractivity contribution >= 4 is 23.4 Å². The van der Waals surface area contributed by atoms with Gasteiger partial charge in [-0.3, -0.25) is 9.59 Å². The number of likely N-dealkylation sites (tertiary alicyclic amines) is 1. The second kappa shape index (κ2) is 8.76. The van der Waals surface area contributed by atoms with E-state index in [1.165, 1.54) is 23.1 Å². The molecule has 2 amide bonds. The lowest BCUT2D eigenvalue weighted by molar-refractivity contribution is -0.160. The second-order valence-electron chi connectivity index (χ2n) is 7.67. The number of ether oxygens (including phenoxy) is 2. The molecule has 1 unspecified atom stereocenters. The van der Waals surface area contributed by atoms with Gasteiger partial charge in [-0.15, -0.1) is 0 Å². The molecule has 2 fully saturated rings. The largest absolute Gasteiger partial charge is 0.375 e. The zero-order valence-electron chi connectivity index (χ0n) is 16.2. The molecule has 8 heteroatoms. The van der Waals surface area contributed by atoms with E-state index in [1.54, 1.807) is 19.0 Å². The molecule has 0 aliphatic carbocycles. The third-order valence-corrected chi connectivity index (χ3v) is 5.81. The third kappa shape index (κ3) is 4.82. The van der Waals surface area contributed by atoms with Crippen LogP contribution in [0.4, 0.5) is 4.39 Å². The summed E-state index contributed by atoms with van der Waals surface area (Å²) >= 11 is 5.79. The summed E-state index contributed by atoms with van der Waals surface area (Å²) in [5, 5.41) is -0.0535. The number of benzene rings is 1. The van der Waals surface area contributed by atoms with Crippen LogP contribution in [0.25, 0.3) is 0 Å². The van der Waals surface area contributed by atoms with E-state index in [2.05, 4.69) is 0 Å². The third-order valence-electron chi connectivity index (χ3n) is 5.52.